The number of carbonyl (C=O) groups excluding carboxylic acids is 2. The summed E-state index contributed by atoms with van der Waals surface area (Å²) < 4.78 is 31.7. The molecule has 7 heteroatoms. The molecule has 25 heavy (non-hydrogen) atoms. The molecule has 0 saturated heterocycles. The number of hydrogen-bond acceptors (Lipinski definition) is 3. The van der Waals surface area contributed by atoms with E-state index in [-0.39, 0.29) is 5.56 Å². The van der Waals surface area contributed by atoms with Crippen molar-refractivity contribution in [2.24, 2.45) is 0 Å². The average Bonchev–Trinajstić information content (AvgIpc) is 2.58. The monoisotopic (exact) mass is 348 g/mol. The van der Waals surface area contributed by atoms with E-state index in [9.17, 15) is 18.4 Å². The minimum absolute atomic E-state index is 0.0364. The van der Waals surface area contributed by atoms with E-state index in [4.69, 9.17) is 0 Å². The zero-order valence-electron chi connectivity index (χ0n) is 14.0. The number of ether oxygens (including phenoxy) is 1. The molecule has 0 aliphatic carbocycles. The molecule has 0 saturated carbocycles. The van der Waals surface area contributed by atoms with E-state index < -0.39 is 29.7 Å². The summed E-state index contributed by atoms with van der Waals surface area (Å²) in [5.74, 6) is -2.50. The predicted octanol–water partition coefficient (Wildman–Crippen LogP) is 3.94. The Morgan fingerprint density at radius 3 is 2.56 bits per heavy atom. The van der Waals surface area contributed by atoms with Crippen molar-refractivity contribution in [3.05, 3.63) is 64.7 Å². The number of esters is 1. The lowest BCUT2D eigenvalue weighted by Gasteiger charge is -2.16. The van der Waals surface area contributed by atoms with Crippen molar-refractivity contribution in [3.63, 3.8) is 0 Å². The van der Waals surface area contributed by atoms with Crippen molar-refractivity contribution in [2.45, 2.75) is 19.9 Å². The summed E-state index contributed by atoms with van der Waals surface area (Å²) in [4.78, 5) is 23.8. The van der Waals surface area contributed by atoms with Gasteiger partial charge in [0.25, 0.3) is 0 Å². The van der Waals surface area contributed by atoms with Gasteiger partial charge in [0.2, 0.25) is 0 Å². The zero-order valence-corrected chi connectivity index (χ0v) is 14.0. The number of carbonyl (C=O) groups is 2. The normalized spacial score (nSPS) is 11.6. The Kier molecular flexibility index (Phi) is 5.69. The third kappa shape index (κ3) is 4.32. The number of rotatable bonds is 4. The minimum atomic E-state index is -1.00. The summed E-state index contributed by atoms with van der Waals surface area (Å²) in [6, 6.07) is 7.17. The number of anilines is 1. The summed E-state index contributed by atoms with van der Waals surface area (Å²) >= 11 is 0. The van der Waals surface area contributed by atoms with Crippen LogP contribution in [0, 0.1) is 18.6 Å². The van der Waals surface area contributed by atoms with Crippen molar-refractivity contribution in [3.8, 4) is 0 Å². The number of hydrogen-bond donors (Lipinski definition) is 2. The molecule has 2 amide bonds. The second-order valence-electron chi connectivity index (χ2n) is 5.48. The highest BCUT2D eigenvalue weighted by atomic mass is 19.2. The first kappa shape index (κ1) is 18.4. The summed E-state index contributed by atoms with van der Waals surface area (Å²) in [5, 5.41) is 5.07. The third-order valence-electron chi connectivity index (χ3n) is 3.70. The van der Waals surface area contributed by atoms with E-state index in [2.05, 4.69) is 15.4 Å². The second kappa shape index (κ2) is 7.74. The lowest BCUT2D eigenvalue weighted by Crippen LogP contribution is -2.31. The summed E-state index contributed by atoms with van der Waals surface area (Å²) in [6.07, 6.45) is 0. The molecule has 2 rings (SSSR count). The van der Waals surface area contributed by atoms with Crippen molar-refractivity contribution in [1.29, 1.82) is 0 Å². The number of halogens is 2. The molecule has 132 valence electrons. The maximum Gasteiger partial charge on any atom is 0.338 e. The lowest BCUT2D eigenvalue weighted by atomic mass is 10.1. The molecular weight excluding hydrogens is 330 g/mol. The molecule has 2 N–H and O–H groups in total. The number of aryl methyl sites for hydroxylation is 1. The quantitative estimate of drug-likeness (QED) is 0.823. The SMILES string of the molecule is COC(=O)c1cc(NC(=O)N[C@@H](C)c2cccc(F)c2F)ccc1C. The number of urea groups is 1. The van der Waals surface area contributed by atoms with Crippen LogP contribution in [-0.4, -0.2) is 19.1 Å². The van der Waals surface area contributed by atoms with Crippen LogP contribution in [-0.2, 0) is 4.74 Å². The first-order valence-corrected chi connectivity index (χ1v) is 7.54. The van der Waals surface area contributed by atoms with Gasteiger partial charge in [-0.15, -0.1) is 0 Å². The van der Waals surface area contributed by atoms with E-state index in [1.807, 2.05) is 0 Å². The number of benzene rings is 2. The van der Waals surface area contributed by atoms with Crippen LogP contribution in [0.4, 0.5) is 19.3 Å². The molecule has 2 aromatic rings. The maximum absolute atomic E-state index is 13.8. The van der Waals surface area contributed by atoms with Crippen molar-refractivity contribution in [2.75, 3.05) is 12.4 Å². The lowest BCUT2D eigenvalue weighted by molar-refractivity contribution is 0.0600. The molecule has 2 aromatic carbocycles. The van der Waals surface area contributed by atoms with Crippen LogP contribution in [0.1, 0.15) is 34.5 Å². The van der Waals surface area contributed by atoms with Gasteiger partial charge in [-0.05, 0) is 37.6 Å². The van der Waals surface area contributed by atoms with Crippen LogP contribution in [0.25, 0.3) is 0 Å². The molecule has 0 heterocycles. The first-order valence-electron chi connectivity index (χ1n) is 7.54. The van der Waals surface area contributed by atoms with Crippen LogP contribution in [0.2, 0.25) is 0 Å². The van der Waals surface area contributed by atoms with Crippen molar-refractivity contribution < 1.29 is 23.1 Å². The van der Waals surface area contributed by atoms with Crippen LogP contribution < -0.4 is 10.6 Å². The summed E-state index contributed by atoms with van der Waals surface area (Å²) in [7, 11) is 1.27. The van der Waals surface area contributed by atoms with Crippen molar-refractivity contribution >= 4 is 17.7 Å². The predicted molar refractivity (Wildman–Crippen MR) is 89.4 cm³/mol. The fraction of sp³-hybridized carbons (Fsp3) is 0.222. The Balaban J connectivity index is 2.10. The van der Waals surface area contributed by atoms with E-state index in [0.717, 1.165) is 6.07 Å². The molecule has 0 aliphatic heterocycles. The molecule has 0 radical (unpaired) electrons. The van der Waals surface area contributed by atoms with Gasteiger partial charge in [-0.2, -0.15) is 0 Å². The molecule has 1 atom stereocenters. The van der Waals surface area contributed by atoms with E-state index in [1.54, 1.807) is 19.1 Å². The first-order chi connectivity index (χ1) is 11.8. The number of nitrogens with one attached hydrogen (secondary N) is 2. The minimum Gasteiger partial charge on any atom is -0.465 e. The molecule has 0 bridgehead atoms. The largest absolute Gasteiger partial charge is 0.465 e. The van der Waals surface area contributed by atoms with Gasteiger partial charge in [0.05, 0.1) is 18.7 Å². The third-order valence-corrected chi connectivity index (χ3v) is 3.70. The van der Waals surface area contributed by atoms with Gasteiger partial charge in [0, 0.05) is 11.3 Å². The molecule has 5 nitrogen and oxygen atoms in total. The summed E-state index contributed by atoms with van der Waals surface area (Å²) in [6.45, 7) is 3.28. The fourth-order valence-corrected chi connectivity index (χ4v) is 2.33. The molecule has 0 aromatic heterocycles. The smallest absolute Gasteiger partial charge is 0.338 e. The molecular formula is C18H18F2N2O3. The summed E-state index contributed by atoms with van der Waals surface area (Å²) in [5.41, 5.74) is 1.43. The van der Waals surface area contributed by atoms with Gasteiger partial charge in [0.15, 0.2) is 11.6 Å². The maximum atomic E-state index is 13.8. The van der Waals surface area contributed by atoms with Crippen LogP contribution >= 0.6 is 0 Å². The Labute approximate surface area is 144 Å². The second-order valence-corrected chi connectivity index (χ2v) is 5.48. The van der Waals surface area contributed by atoms with Gasteiger partial charge in [-0.25, -0.2) is 18.4 Å². The van der Waals surface area contributed by atoms with Gasteiger partial charge >= 0.3 is 12.0 Å². The number of methoxy groups -OCH3 is 1. The Hall–Kier alpha value is -2.96. The van der Waals surface area contributed by atoms with E-state index >= 15 is 0 Å². The van der Waals surface area contributed by atoms with Gasteiger partial charge in [0.1, 0.15) is 0 Å². The van der Waals surface area contributed by atoms with Crippen molar-refractivity contribution in [1.82, 2.24) is 5.32 Å². The highest BCUT2D eigenvalue weighted by Crippen LogP contribution is 2.20. The van der Waals surface area contributed by atoms with Gasteiger partial charge in [-0.1, -0.05) is 18.2 Å². The Bertz CT molecular complexity index is 809. The Morgan fingerprint density at radius 1 is 1.16 bits per heavy atom. The fourth-order valence-electron chi connectivity index (χ4n) is 2.33. The number of amides is 2. The highest BCUT2D eigenvalue weighted by Gasteiger charge is 2.17. The average molecular weight is 348 g/mol. The standard InChI is InChI=1S/C18H18F2N2O3/c1-10-7-8-12(9-14(10)17(23)25-3)22-18(24)21-11(2)13-5-4-6-15(19)16(13)20/h4-9,11H,1-3H3,(H2,21,22,24)/t11-/m0/s1. The van der Waals surface area contributed by atoms with E-state index in [0.29, 0.717) is 16.8 Å². The molecule has 0 spiro atoms. The van der Waals surface area contributed by atoms with Crippen LogP contribution in [0.15, 0.2) is 36.4 Å². The zero-order chi connectivity index (χ0) is 18.6. The van der Waals surface area contributed by atoms with E-state index in [1.165, 1.54) is 32.2 Å². The van der Waals surface area contributed by atoms with Crippen LogP contribution in [0.3, 0.4) is 0 Å². The Morgan fingerprint density at radius 2 is 1.88 bits per heavy atom. The molecule has 0 fully saturated rings. The molecule has 0 aliphatic rings. The topological polar surface area (TPSA) is 67.4 Å². The molecule has 0 unspecified atom stereocenters. The van der Waals surface area contributed by atoms with Gasteiger partial charge in [-0.3, -0.25) is 0 Å². The van der Waals surface area contributed by atoms with Gasteiger partial charge < -0.3 is 15.4 Å². The highest BCUT2D eigenvalue weighted by molar-refractivity contribution is 5.95. The van der Waals surface area contributed by atoms with Crippen LogP contribution in [0.5, 0.6) is 0 Å².